The second kappa shape index (κ2) is 10.4. The molecule has 11 heteroatoms. The van der Waals surface area contributed by atoms with Gasteiger partial charge in [-0.15, -0.1) is 0 Å². The summed E-state index contributed by atoms with van der Waals surface area (Å²) in [6, 6.07) is 1.41. The minimum absolute atomic E-state index is 0. The van der Waals surface area contributed by atoms with Crippen LogP contribution in [0.3, 0.4) is 0 Å². The number of nitrogens with one attached hydrogen (secondary N) is 2. The number of benzene rings is 1. The van der Waals surface area contributed by atoms with Crippen LogP contribution < -0.4 is 14.3 Å². The van der Waals surface area contributed by atoms with E-state index in [1.165, 1.54) is 26.6 Å². The quantitative estimate of drug-likeness (QED) is 0.582. The monoisotopic (exact) mass is 510 g/mol. The topological polar surface area (TPSA) is 99.6 Å². The van der Waals surface area contributed by atoms with Crippen molar-refractivity contribution >= 4 is 57.2 Å². The number of amides is 2. The van der Waals surface area contributed by atoms with Crippen molar-refractivity contribution in [2.45, 2.75) is 70.9 Å². The molecule has 0 bridgehead atoms. The number of likely N-dealkylation sites (tertiary alicyclic amines) is 1. The zero-order valence-corrected chi connectivity index (χ0v) is 21.0. The summed E-state index contributed by atoms with van der Waals surface area (Å²) in [5.41, 5.74) is 6.21. The molecule has 1 aromatic carbocycles. The molecule has 0 spiro atoms. The number of nitrogens with zero attached hydrogens (tertiary/aromatic N) is 4. The van der Waals surface area contributed by atoms with E-state index < -0.39 is 16.2 Å². The van der Waals surface area contributed by atoms with Crippen molar-refractivity contribution in [3.05, 3.63) is 40.7 Å². The predicted molar refractivity (Wildman–Crippen MR) is 140 cm³/mol. The fraction of sp³-hybridized carbons (Fsp3) is 0.583. The molecule has 5 rings (SSSR count). The summed E-state index contributed by atoms with van der Waals surface area (Å²) in [5.74, 6) is 0. The predicted octanol–water partition coefficient (Wildman–Crippen LogP) is 2.37. The zero-order chi connectivity index (χ0) is 24.0. The number of rotatable bonds is 6. The number of anilines is 2. The van der Waals surface area contributed by atoms with Gasteiger partial charge in [-0.1, -0.05) is 6.07 Å². The van der Waals surface area contributed by atoms with E-state index in [0.717, 1.165) is 50.8 Å². The Kier molecular flexibility index (Phi) is 7.88. The Morgan fingerprint density at radius 2 is 1.80 bits per heavy atom. The molecule has 2 amide bonds. The number of aromatic nitrogens is 2. The summed E-state index contributed by atoms with van der Waals surface area (Å²) in [5, 5.41) is 7.28. The molecule has 1 aromatic heterocycles. The second-order valence-electron chi connectivity index (χ2n) is 10.1. The standard InChI is InChI=1S/C24H34N6O3S.Na.H/c1-16(2)29-15-20(13-25-29)30(19-10-11-28(3)14-19)34(32,33)27-24(31)26-23-21-8-4-6-17(21)12-18-7-5-9-22(18)23;;/h12-13,15-16,19H,4-11,14H2,1-3H3,(H2,26,27,31);;. The van der Waals surface area contributed by atoms with Gasteiger partial charge in [0.15, 0.2) is 0 Å². The van der Waals surface area contributed by atoms with Crippen molar-refractivity contribution in [3.63, 3.8) is 0 Å². The molecule has 2 aromatic rings. The van der Waals surface area contributed by atoms with Gasteiger partial charge in [0.1, 0.15) is 0 Å². The van der Waals surface area contributed by atoms with Crippen LogP contribution in [0.5, 0.6) is 0 Å². The molecule has 35 heavy (non-hydrogen) atoms. The number of hydrogen-bond donors (Lipinski definition) is 2. The second-order valence-corrected chi connectivity index (χ2v) is 11.6. The van der Waals surface area contributed by atoms with Crippen LogP contribution >= 0.6 is 0 Å². The third-order valence-corrected chi connectivity index (χ3v) is 8.73. The van der Waals surface area contributed by atoms with Crippen LogP contribution in [0.2, 0.25) is 0 Å². The van der Waals surface area contributed by atoms with Crippen LogP contribution in [-0.4, -0.2) is 84.9 Å². The van der Waals surface area contributed by atoms with Crippen LogP contribution in [0.25, 0.3) is 0 Å². The normalized spacial score (nSPS) is 19.4. The molecule has 1 atom stereocenters. The van der Waals surface area contributed by atoms with Gasteiger partial charge in [-0.2, -0.15) is 13.5 Å². The third kappa shape index (κ3) is 5.27. The van der Waals surface area contributed by atoms with Crippen molar-refractivity contribution in [1.29, 1.82) is 0 Å². The summed E-state index contributed by atoms with van der Waals surface area (Å²) < 4.78 is 32.5. The van der Waals surface area contributed by atoms with Crippen molar-refractivity contribution in [1.82, 2.24) is 19.4 Å². The van der Waals surface area contributed by atoms with Gasteiger partial charge in [-0.05, 0) is 94.6 Å². The van der Waals surface area contributed by atoms with Gasteiger partial charge in [0, 0.05) is 24.5 Å². The SMILES string of the molecule is CC(C)n1cc(N(C2CCN(C)C2)S(=O)(=O)NC(=O)Nc2c3c(cc4c2CCC4)CCC3)cn1.[NaH]. The number of likely N-dealkylation sites (N-methyl/N-ethyl adjacent to an activating group) is 1. The maximum atomic E-state index is 13.6. The summed E-state index contributed by atoms with van der Waals surface area (Å²) in [7, 11) is -2.18. The number of carbonyl (C=O) groups is 1. The van der Waals surface area contributed by atoms with Gasteiger partial charge in [0.25, 0.3) is 0 Å². The zero-order valence-electron chi connectivity index (χ0n) is 20.2. The van der Waals surface area contributed by atoms with Crippen molar-refractivity contribution in [2.24, 2.45) is 0 Å². The van der Waals surface area contributed by atoms with Gasteiger partial charge in [0.05, 0.1) is 17.9 Å². The fourth-order valence-corrected chi connectivity index (χ4v) is 6.97. The molecule has 0 radical (unpaired) electrons. The first-order chi connectivity index (χ1) is 16.2. The number of aryl methyl sites for hydroxylation is 2. The van der Waals surface area contributed by atoms with Gasteiger partial charge >= 0.3 is 45.8 Å². The molecule has 9 nitrogen and oxygen atoms in total. The molecule has 2 aliphatic carbocycles. The van der Waals surface area contributed by atoms with Gasteiger partial charge in [0.2, 0.25) is 0 Å². The summed E-state index contributed by atoms with van der Waals surface area (Å²) >= 11 is 0. The van der Waals surface area contributed by atoms with E-state index in [1.807, 2.05) is 20.9 Å². The first-order valence-electron chi connectivity index (χ1n) is 12.3. The summed E-state index contributed by atoms with van der Waals surface area (Å²) in [4.78, 5) is 15.2. The van der Waals surface area contributed by atoms with Crippen LogP contribution in [0, 0.1) is 0 Å². The molecule has 1 fully saturated rings. The Balaban J connectivity index is 0.00000289. The van der Waals surface area contributed by atoms with Gasteiger partial charge < -0.3 is 10.2 Å². The van der Waals surface area contributed by atoms with E-state index in [9.17, 15) is 13.2 Å². The average molecular weight is 511 g/mol. The molecule has 1 aliphatic heterocycles. The molecule has 186 valence electrons. The van der Waals surface area contributed by atoms with E-state index in [-0.39, 0.29) is 41.6 Å². The van der Waals surface area contributed by atoms with Crippen molar-refractivity contribution in [3.8, 4) is 0 Å². The molecule has 1 saturated heterocycles. The molecule has 3 aliphatic rings. The van der Waals surface area contributed by atoms with Gasteiger partial charge in [-0.3, -0.25) is 4.68 Å². The number of fused-ring (bicyclic) bond motifs is 2. The Bertz CT molecular complexity index is 1180. The van der Waals surface area contributed by atoms with Crippen molar-refractivity contribution in [2.75, 3.05) is 29.8 Å². The van der Waals surface area contributed by atoms with Crippen LogP contribution in [-0.2, 0) is 35.9 Å². The molecule has 0 saturated carbocycles. The minimum atomic E-state index is -4.15. The first-order valence-corrected chi connectivity index (χ1v) is 13.7. The number of carbonyl (C=O) groups excluding carboxylic acids is 1. The van der Waals surface area contributed by atoms with E-state index in [4.69, 9.17) is 0 Å². The van der Waals surface area contributed by atoms with Crippen LogP contribution in [0.15, 0.2) is 18.5 Å². The van der Waals surface area contributed by atoms with E-state index in [1.54, 1.807) is 17.1 Å². The Labute approximate surface area is 230 Å². The molecule has 2 heterocycles. The first kappa shape index (κ1) is 26.5. The summed E-state index contributed by atoms with van der Waals surface area (Å²) in [6.45, 7) is 5.36. The summed E-state index contributed by atoms with van der Waals surface area (Å²) in [6.07, 6.45) is 9.97. The number of urea groups is 1. The van der Waals surface area contributed by atoms with Gasteiger partial charge in [-0.25, -0.2) is 13.8 Å². The molecule has 1 unspecified atom stereocenters. The Morgan fingerprint density at radius 3 is 2.34 bits per heavy atom. The number of hydrogen-bond acceptors (Lipinski definition) is 5. The van der Waals surface area contributed by atoms with E-state index in [2.05, 4.69) is 26.1 Å². The van der Waals surface area contributed by atoms with Crippen LogP contribution in [0.4, 0.5) is 16.2 Å². The molecular weight excluding hydrogens is 475 g/mol. The van der Waals surface area contributed by atoms with E-state index >= 15 is 0 Å². The van der Waals surface area contributed by atoms with Crippen LogP contribution in [0.1, 0.15) is 61.4 Å². The van der Waals surface area contributed by atoms with Crippen molar-refractivity contribution < 1.29 is 13.2 Å². The fourth-order valence-electron chi connectivity index (χ4n) is 5.65. The Morgan fingerprint density at radius 1 is 1.14 bits per heavy atom. The third-order valence-electron chi connectivity index (χ3n) is 7.26. The molecular formula is C24H35N6NaO3S. The maximum absolute atomic E-state index is 13.6. The van der Waals surface area contributed by atoms with E-state index in [0.29, 0.717) is 18.7 Å². The molecule has 2 N–H and O–H groups in total. The average Bonchev–Trinajstić information content (AvgIpc) is 3.54. The Hall–Kier alpha value is -1.59.